The van der Waals surface area contributed by atoms with Crippen molar-refractivity contribution >= 4 is 42.9 Å². The molecule has 0 bridgehead atoms. The lowest BCUT2D eigenvalue weighted by molar-refractivity contribution is 0.280. The number of fused-ring (bicyclic) bond motifs is 8. The zero-order valence-corrected chi connectivity index (χ0v) is 27.4. The Labute approximate surface area is 285 Å². The van der Waals surface area contributed by atoms with Crippen LogP contribution in [-0.2, 0) is 6.61 Å². The summed E-state index contributed by atoms with van der Waals surface area (Å²) in [6.07, 6.45) is 0. The molecule has 3 heterocycles. The molecule has 0 atom stereocenters. The van der Waals surface area contributed by atoms with Gasteiger partial charge in [-0.25, -0.2) is 4.98 Å². The maximum Gasteiger partial charge on any atom is 0.152 e. The van der Waals surface area contributed by atoms with E-state index in [0.717, 1.165) is 34.0 Å². The summed E-state index contributed by atoms with van der Waals surface area (Å²) in [7, 11) is -1.85. The molecule has 2 aromatic heterocycles. The fourth-order valence-corrected chi connectivity index (χ4v) is 11.5. The van der Waals surface area contributed by atoms with Gasteiger partial charge in [0.15, 0.2) is 5.82 Å². The summed E-state index contributed by atoms with van der Waals surface area (Å²) in [6.45, 7) is 0.430. The molecular formula is C44H31N3OS. The van der Waals surface area contributed by atoms with Crippen molar-refractivity contribution in [3.8, 4) is 17.1 Å². The number of para-hydroxylation sites is 3. The molecule has 0 N–H and O–H groups in total. The van der Waals surface area contributed by atoms with Crippen molar-refractivity contribution in [1.82, 2.24) is 14.1 Å². The van der Waals surface area contributed by atoms with Gasteiger partial charge in [0.2, 0.25) is 0 Å². The van der Waals surface area contributed by atoms with E-state index >= 15 is 0 Å². The SMILES string of the molecule is c1ccc(S(c2ccccc2)(c2ccccc2)c2ccc3c4ccccc4n(-c4ccc5c(c4)OCc4nc6ccccc6n4-5)c3c2)cc1. The van der Waals surface area contributed by atoms with E-state index in [1.54, 1.807) is 0 Å². The van der Waals surface area contributed by atoms with Gasteiger partial charge in [0.1, 0.15) is 12.4 Å². The van der Waals surface area contributed by atoms with Crippen molar-refractivity contribution in [2.75, 3.05) is 0 Å². The minimum absolute atomic E-state index is 0.430. The first-order valence-corrected chi connectivity index (χ1v) is 18.2. The molecule has 0 aliphatic carbocycles. The van der Waals surface area contributed by atoms with Crippen molar-refractivity contribution in [2.24, 2.45) is 0 Å². The average molecular weight is 650 g/mol. The number of nitrogens with zero attached hydrogens (tertiary/aromatic N) is 3. The van der Waals surface area contributed by atoms with Crippen molar-refractivity contribution < 1.29 is 4.74 Å². The summed E-state index contributed by atoms with van der Waals surface area (Å²) in [6, 6.07) is 63.9. The molecular weight excluding hydrogens is 619 g/mol. The Balaban J connectivity index is 1.25. The van der Waals surface area contributed by atoms with Crippen LogP contribution >= 0.6 is 10.0 Å². The van der Waals surface area contributed by atoms with E-state index in [1.807, 2.05) is 6.07 Å². The highest BCUT2D eigenvalue weighted by atomic mass is 32.3. The second-order valence-electron chi connectivity index (χ2n) is 12.4. The molecule has 4 nitrogen and oxygen atoms in total. The largest absolute Gasteiger partial charge is 0.483 e. The van der Waals surface area contributed by atoms with Gasteiger partial charge in [0.05, 0.1) is 33.4 Å². The van der Waals surface area contributed by atoms with E-state index in [0.29, 0.717) is 6.61 Å². The molecule has 10 rings (SSSR count). The van der Waals surface area contributed by atoms with Crippen molar-refractivity contribution in [3.05, 3.63) is 182 Å². The third kappa shape index (κ3) is 4.16. The number of benzene rings is 7. The molecule has 49 heavy (non-hydrogen) atoms. The van der Waals surface area contributed by atoms with E-state index in [4.69, 9.17) is 9.72 Å². The van der Waals surface area contributed by atoms with Crippen LogP contribution in [0.25, 0.3) is 44.2 Å². The molecule has 1 aliphatic rings. The third-order valence-corrected chi connectivity index (χ3v) is 13.6. The first-order valence-electron chi connectivity index (χ1n) is 16.6. The van der Waals surface area contributed by atoms with E-state index in [9.17, 15) is 0 Å². The Morgan fingerprint density at radius 1 is 0.469 bits per heavy atom. The lowest BCUT2D eigenvalue weighted by Gasteiger charge is -2.42. The monoisotopic (exact) mass is 649 g/mol. The number of imidazole rings is 1. The van der Waals surface area contributed by atoms with Gasteiger partial charge in [-0.2, -0.15) is 0 Å². The minimum Gasteiger partial charge on any atom is -0.483 e. The van der Waals surface area contributed by atoms with Crippen molar-refractivity contribution in [1.29, 1.82) is 0 Å². The Hall–Kier alpha value is -6.04. The summed E-state index contributed by atoms with van der Waals surface area (Å²) < 4.78 is 11.0. The summed E-state index contributed by atoms with van der Waals surface area (Å²) in [5.41, 5.74) is 6.49. The molecule has 0 amide bonds. The standard InChI is InChI=1S/C44H31N3OS/c1-4-14-32(15-5-1)49(33-16-6-2-7-17-33,34-18-8-3-9-19-34)35-25-26-37-36-20-10-12-22-39(36)46(42(37)29-35)31-24-27-41-43(28-31)48-30-44-45-38-21-11-13-23-40(38)47(41)44/h1-29H,30H2. The van der Waals surface area contributed by atoms with Gasteiger partial charge < -0.3 is 9.30 Å². The van der Waals surface area contributed by atoms with Gasteiger partial charge in [0.25, 0.3) is 0 Å². The van der Waals surface area contributed by atoms with Crippen LogP contribution in [0.1, 0.15) is 5.82 Å². The van der Waals surface area contributed by atoms with Crippen LogP contribution < -0.4 is 4.74 Å². The van der Waals surface area contributed by atoms with E-state index in [-0.39, 0.29) is 0 Å². The van der Waals surface area contributed by atoms with Gasteiger partial charge in [-0.05, 0) is 78.9 Å². The maximum atomic E-state index is 6.40. The molecule has 7 aromatic carbocycles. The zero-order valence-electron chi connectivity index (χ0n) is 26.6. The lowest BCUT2D eigenvalue weighted by Crippen LogP contribution is -2.13. The number of hydrogen-bond acceptors (Lipinski definition) is 2. The Morgan fingerprint density at radius 3 is 1.76 bits per heavy atom. The molecule has 0 fully saturated rings. The Bertz CT molecular complexity index is 2560. The van der Waals surface area contributed by atoms with Crippen LogP contribution in [0.15, 0.2) is 196 Å². The molecule has 0 saturated carbocycles. The number of hydrogen-bond donors (Lipinski definition) is 0. The summed E-state index contributed by atoms with van der Waals surface area (Å²) in [5.74, 6) is 1.78. The molecule has 234 valence electrons. The molecule has 0 saturated heterocycles. The van der Waals surface area contributed by atoms with Crippen molar-refractivity contribution in [2.45, 2.75) is 26.2 Å². The van der Waals surface area contributed by atoms with Crippen LogP contribution in [0.2, 0.25) is 0 Å². The number of rotatable bonds is 5. The number of aromatic nitrogens is 3. The third-order valence-electron chi connectivity index (χ3n) is 9.72. The van der Waals surface area contributed by atoms with E-state index < -0.39 is 10.0 Å². The van der Waals surface area contributed by atoms with Gasteiger partial charge in [-0.1, -0.05) is 91.0 Å². The molecule has 9 aromatic rings. The first kappa shape index (κ1) is 28.0. The van der Waals surface area contributed by atoms with Gasteiger partial charge in [-0.3, -0.25) is 4.57 Å². The average Bonchev–Trinajstić information content (AvgIpc) is 3.72. The second-order valence-corrected chi connectivity index (χ2v) is 15.5. The van der Waals surface area contributed by atoms with Gasteiger partial charge >= 0.3 is 0 Å². The topological polar surface area (TPSA) is 32.0 Å². The molecule has 0 unspecified atom stereocenters. The second kappa shape index (κ2) is 11.0. The fraction of sp³-hybridized carbons (Fsp3) is 0.0227. The molecule has 5 heteroatoms. The van der Waals surface area contributed by atoms with Crippen LogP contribution in [0, 0.1) is 0 Å². The normalized spacial score (nSPS) is 12.9. The minimum atomic E-state index is -1.85. The number of ether oxygens (including phenoxy) is 1. The van der Waals surface area contributed by atoms with Crippen molar-refractivity contribution in [3.63, 3.8) is 0 Å². The Kier molecular flexibility index (Phi) is 6.30. The zero-order chi connectivity index (χ0) is 32.4. The highest BCUT2D eigenvalue weighted by Crippen LogP contribution is 2.73. The highest BCUT2D eigenvalue weighted by molar-refractivity contribution is 8.34. The van der Waals surface area contributed by atoms with Gasteiger partial charge in [-0.15, -0.1) is 10.0 Å². The van der Waals surface area contributed by atoms with E-state index in [2.05, 4.69) is 179 Å². The quantitative estimate of drug-likeness (QED) is 0.186. The Morgan fingerprint density at radius 2 is 1.06 bits per heavy atom. The van der Waals surface area contributed by atoms with Crippen LogP contribution in [0.4, 0.5) is 0 Å². The van der Waals surface area contributed by atoms with E-state index in [1.165, 1.54) is 41.4 Å². The van der Waals surface area contributed by atoms with Crippen LogP contribution in [0.5, 0.6) is 5.75 Å². The summed E-state index contributed by atoms with van der Waals surface area (Å²) in [5, 5.41) is 2.45. The molecule has 0 radical (unpaired) electrons. The molecule has 0 spiro atoms. The summed E-state index contributed by atoms with van der Waals surface area (Å²) in [4.78, 5) is 10.1. The predicted molar refractivity (Wildman–Crippen MR) is 200 cm³/mol. The summed E-state index contributed by atoms with van der Waals surface area (Å²) >= 11 is 0. The first-order chi connectivity index (χ1) is 24.3. The lowest BCUT2D eigenvalue weighted by atomic mass is 10.2. The fourth-order valence-electron chi connectivity index (χ4n) is 7.64. The van der Waals surface area contributed by atoms with Crippen LogP contribution in [0.3, 0.4) is 0 Å². The predicted octanol–water partition coefficient (Wildman–Crippen LogP) is 11.4. The highest BCUT2D eigenvalue weighted by Gasteiger charge is 2.34. The van der Waals surface area contributed by atoms with Crippen LogP contribution in [-0.4, -0.2) is 14.1 Å². The molecule has 1 aliphatic heterocycles. The smallest absolute Gasteiger partial charge is 0.152 e. The maximum absolute atomic E-state index is 6.40. The van der Waals surface area contributed by atoms with Gasteiger partial charge in [0, 0.05) is 36.4 Å².